The molecule has 20 heavy (non-hydrogen) atoms. The van der Waals surface area contributed by atoms with Crippen molar-refractivity contribution in [2.45, 2.75) is 51.2 Å². The van der Waals surface area contributed by atoms with Crippen molar-refractivity contribution in [1.82, 2.24) is 9.80 Å². The fourth-order valence-corrected chi connectivity index (χ4v) is 3.67. The Kier molecular flexibility index (Phi) is 6.27. The van der Waals surface area contributed by atoms with E-state index in [2.05, 4.69) is 23.8 Å². The van der Waals surface area contributed by atoms with Crippen molar-refractivity contribution in [3.63, 3.8) is 0 Å². The maximum absolute atomic E-state index is 10.2. The smallest absolute Gasteiger partial charge is 0.0793 e. The van der Waals surface area contributed by atoms with Crippen molar-refractivity contribution < 1.29 is 10.2 Å². The summed E-state index contributed by atoms with van der Waals surface area (Å²) in [6, 6.07) is 0. The molecule has 3 unspecified atom stereocenters. The molecule has 4 nitrogen and oxygen atoms in total. The van der Waals surface area contributed by atoms with Crippen LogP contribution in [-0.4, -0.2) is 72.0 Å². The number of aliphatic hydroxyl groups is 2. The van der Waals surface area contributed by atoms with Gasteiger partial charge in [-0.05, 0) is 57.7 Å². The highest BCUT2D eigenvalue weighted by Crippen LogP contribution is 2.26. The maximum Gasteiger partial charge on any atom is 0.0793 e. The monoisotopic (exact) mass is 284 g/mol. The molecule has 118 valence electrons. The molecule has 4 heteroatoms. The summed E-state index contributed by atoms with van der Waals surface area (Å²) < 4.78 is 0. The first kappa shape index (κ1) is 16.2. The summed E-state index contributed by atoms with van der Waals surface area (Å²) in [6.07, 6.45) is 5.35. The molecule has 2 aliphatic rings. The normalized spacial score (nSPS) is 31.1. The second-order valence-electron chi connectivity index (χ2n) is 7.12. The van der Waals surface area contributed by atoms with Crippen LogP contribution in [0.1, 0.15) is 39.0 Å². The Morgan fingerprint density at radius 3 is 2.50 bits per heavy atom. The van der Waals surface area contributed by atoms with Crippen LogP contribution >= 0.6 is 0 Å². The van der Waals surface area contributed by atoms with Crippen LogP contribution in [0.5, 0.6) is 0 Å². The number of hydrogen-bond acceptors (Lipinski definition) is 4. The lowest BCUT2D eigenvalue weighted by atomic mass is 9.99. The summed E-state index contributed by atoms with van der Waals surface area (Å²) in [6.45, 7) is 7.00. The summed E-state index contributed by atoms with van der Waals surface area (Å²) >= 11 is 0. The van der Waals surface area contributed by atoms with E-state index in [-0.39, 0.29) is 12.2 Å². The molecule has 1 saturated heterocycles. The van der Waals surface area contributed by atoms with Gasteiger partial charge in [0.2, 0.25) is 0 Å². The number of likely N-dealkylation sites (tertiary alicyclic amines) is 1. The zero-order valence-electron chi connectivity index (χ0n) is 13.2. The van der Waals surface area contributed by atoms with Gasteiger partial charge in [0, 0.05) is 19.6 Å². The molecule has 1 heterocycles. The van der Waals surface area contributed by atoms with Crippen molar-refractivity contribution in [2.24, 2.45) is 11.8 Å². The first-order valence-electron chi connectivity index (χ1n) is 8.31. The molecule has 2 rings (SSSR count). The van der Waals surface area contributed by atoms with E-state index in [1.54, 1.807) is 0 Å². The maximum atomic E-state index is 10.2. The van der Waals surface area contributed by atoms with Crippen LogP contribution in [0.3, 0.4) is 0 Å². The van der Waals surface area contributed by atoms with E-state index >= 15 is 0 Å². The second-order valence-corrected chi connectivity index (χ2v) is 7.12. The van der Waals surface area contributed by atoms with Gasteiger partial charge in [0.1, 0.15) is 0 Å². The summed E-state index contributed by atoms with van der Waals surface area (Å²) in [4.78, 5) is 4.58. The molecule has 2 fully saturated rings. The summed E-state index contributed by atoms with van der Waals surface area (Å²) in [5.74, 6) is 1.25. The first-order valence-corrected chi connectivity index (χ1v) is 8.31. The van der Waals surface area contributed by atoms with Gasteiger partial charge in [-0.15, -0.1) is 0 Å². The van der Waals surface area contributed by atoms with Crippen LogP contribution < -0.4 is 0 Å². The number of likely N-dealkylation sites (N-methyl/N-ethyl adjacent to an activating group) is 1. The van der Waals surface area contributed by atoms with Crippen LogP contribution in [0, 0.1) is 11.8 Å². The molecule has 0 aromatic rings. The highest BCUT2D eigenvalue weighted by molar-refractivity contribution is 4.80. The third-order valence-corrected chi connectivity index (χ3v) is 5.03. The molecule has 2 N–H and O–H groups in total. The van der Waals surface area contributed by atoms with E-state index in [4.69, 9.17) is 0 Å². The number of nitrogens with zero attached hydrogens (tertiary/aromatic N) is 2. The van der Waals surface area contributed by atoms with Gasteiger partial charge in [0.25, 0.3) is 0 Å². The van der Waals surface area contributed by atoms with Gasteiger partial charge in [-0.2, -0.15) is 0 Å². The summed E-state index contributed by atoms with van der Waals surface area (Å²) in [5.41, 5.74) is 0. The van der Waals surface area contributed by atoms with Gasteiger partial charge < -0.3 is 20.0 Å². The van der Waals surface area contributed by atoms with E-state index in [9.17, 15) is 10.2 Å². The lowest BCUT2D eigenvalue weighted by Crippen LogP contribution is -2.43. The molecule has 1 aliphatic heterocycles. The number of aliphatic hydroxyl groups excluding tert-OH is 2. The van der Waals surface area contributed by atoms with Gasteiger partial charge in [-0.25, -0.2) is 0 Å². The van der Waals surface area contributed by atoms with E-state index in [0.717, 1.165) is 57.9 Å². The van der Waals surface area contributed by atoms with E-state index < -0.39 is 0 Å². The van der Waals surface area contributed by atoms with Crippen molar-refractivity contribution in [3.8, 4) is 0 Å². The Morgan fingerprint density at radius 2 is 1.90 bits per heavy atom. The van der Waals surface area contributed by atoms with Gasteiger partial charge in [-0.1, -0.05) is 13.3 Å². The Balaban J connectivity index is 1.64. The van der Waals surface area contributed by atoms with Crippen molar-refractivity contribution in [3.05, 3.63) is 0 Å². The molecular weight excluding hydrogens is 252 g/mol. The molecule has 1 aliphatic carbocycles. The lowest BCUT2D eigenvalue weighted by Gasteiger charge is -2.33. The van der Waals surface area contributed by atoms with Crippen LogP contribution in [0.4, 0.5) is 0 Å². The molecule has 0 radical (unpaired) electrons. The Bertz CT molecular complexity index is 280. The average molecular weight is 284 g/mol. The predicted octanol–water partition coefficient (Wildman–Crippen LogP) is 1.17. The zero-order chi connectivity index (χ0) is 14.5. The quantitative estimate of drug-likeness (QED) is 0.769. The fourth-order valence-electron chi connectivity index (χ4n) is 3.67. The van der Waals surface area contributed by atoms with Crippen LogP contribution in [0.15, 0.2) is 0 Å². The fraction of sp³-hybridized carbons (Fsp3) is 1.00. The van der Waals surface area contributed by atoms with E-state index in [1.807, 2.05) is 0 Å². The van der Waals surface area contributed by atoms with Crippen molar-refractivity contribution in [1.29, 1.82) is 0 Å². The predicted molar refractivity (Wildman–Crippen MR) is 81.7 cm³/mol. The minimum atomic E-state index is -0.271. The Hall–Kier alpha value is -0.160. The zero-order valence-corrected chi connectivity index (χ0v) is 13.2. The molecule has 0 spiro atoms. The van der Waals surface area contributed by atoms with Crippen LogP contribution in [0.2, 0.25) is 0 Å². The van der Waals surface area contributed by atoms with Crippen molar-refractivity contribution >= 4 is 0 Å². The average Bonchev–Trinajstić information content (AvgIpc) is 2.77. The van der Waals surface area contributed by atoms with Gasteiger partial charge in [0.05, 0.1) is 12.2 Å². The SMILES string of the molecule is CC1CCN(CC(O)CN(C)CC2CCCC2O)CC1. The Morgan fingerprint density at radius 1 is 1.20 bits per heavy atom. The molecule has 1 saturated carbocycles. The molecule has 0 aromatic carbocycles. The molecular formula is C16H32N2O2. The minimum Gasteiger partial charge on any atom is -0.393 e. The van der Waals surface area contributed by atoms with E-state index in [1.165, 1.54) is 12.8 Å². The third-order valence-electron chi connectivity index (χ3n) is 5.03. The summed E-state index contributed by atoms with van der Waals surface area (Å²) in [5, 5.41) is 20.1. The number of hydrogen-bond donors (Lipinski definition) is 2. The van der Waals surface area contributed by atoms with Crippen LogP contribution in [0.25, 0.3) is 0 Å². The lowest BCUT2D eigenvalue weighted by molar-refractivity contribution is 0.0534. The highest BCUT2D eigenvalue weighted by atomic mass is 16.3. The summed E-state index contributed by atoms with van der Waals surface area (Å²) in [7, 11) is 2.06. The van der Waals surface area contributed by atoms with Crippen LogP contribution in [-0.2, 0) is 0 Å². The number of β-amino-alcohol motifs (C(OH)–C–C–N with tert-alkyl or cyclic N) is 1. The molecule has 0 amide bonds. The highest BCUT2D eigenvalue weighted by Gasteiger charge is 2.27. The van der Waals surface area contributed by atoms with Gasteiger partial charge >= 0.3 is 0 Å². The first-order chi connectivity index (χ1) is 9.54. The second kappa shape index (κ2) is 7.74. The van der Waals surface area contributed by atoms with Gasteiger partial charge in [-0.3, -0.25) is 0 Å². The Labute approximate surface area is 123 Å². The van der Waals surface area contributed by atoms with Gasteiger partial charge in [0.15, 0.2) is 0 Å². The molecule has 3 atom stereocenters. The largest absolute Gasteiger partial charge is 0.393 e. The standard InChI is InChI=1S/C16H32N2O2/c1-13-6-8-18(9-7-13)12-15(19)11-17(2)10-14-4-3-5-16(14)20/h13-16,19-20H,3-12H2,1-2H3. The molecule has 0 aromatic heterocycles. The topological polar surface area (TPSA) is 46.9 Å². The van der Waals surface area contributed by atoms with Crippen molar-refractivity contribution in [2.75, 3.05) is 39.8 Å². The third kappa shape index (κ3) is 4.99. The molecule has 0 bridgehead atoms. The van der Waals surface area contributed by atoms with E-state index in [0.29, 0.717) is 5.92 Å². The number of rotatable bonds is 6. The number of piperidine rings is 1. The minimum absolute atomic E-state index is 0.127.